The van der Waals surface area contributed by atoms with Gasteiger partial charge in [-0.1, -0.05) is 12.1 Å². The molecule has 0 saturated carbocycles. The molecule has 0 aliphatic carbocycles. The minimum Gasteiger partial charge on any atom is -0.274 e. The Bertz CT molecular complexity index is 352. The van der Waals surface area contributed by atoms with Crippen molar-refractivity contribution < 1.29 is 9.63 Å². The van der Waals surface area contributed by atoms with Crippen LogP contribution in [0.15, 0.2) is 18.2 Å². The summed E-state index contributed by atoms with van der Waals surface area (Å²) >= 11 is 2.17. The SMILES string of the molecule is CON(C)C(=O)c1cccc(C)c1I. The fourth-order valence-corrected chi connectivity index (χ4v) is 1.66. The number of hydrogen-bond donors (Lipinski definition) is 0. The van der Waals surface area contributed by atoms with Crippen LogP contribution in [0.5, 0.6) is 0 Å². The van der Waals surface area contributed by atoms with Crippen molar-refractivity contribution in [1.82, 2.24) is 5.06 Å². The van der Waals surface area contributed by atoms with Crippen LogP contribution in [0.4, 0.5) is 0 Å². The Morgan fingerprint density at radius 1 is 1.50 bits per heavy atom. The molecule has 3 nitrogen and oxygen atoms in total. The molecule has 14 heavy (non-hydrogen) atoms. The molecule has 0 unspecified atom stereocenters. The van der Waals surface area contributed by atoms with Crippen molar-refractivity contribution in [1.29, 1.82) is 0 Å². The summed E-state index contributed by atoms with van der Waals surface area (Å²) in [6, 6.07) is 5.65. The molecule has 0 fully saturated rings. The van der Waals surface area contributed by atoms with Gasteiger partial charge in [0, 0.05) is 10.6 Å². The zero-order valence-electron chi connectivity index (χ0n) is 8.37. The van der Waals surface area contributed by atoms with Crippen LogP contribution in [0.25, 0.3) is 0 Å². The van der Waals surface area contributed by atoms with E-state index < -0.39 is 0 Å². The van der Waals surface area contributed by atoms with Gasteiger partial charge in [-0.05, 0) is 41.1 Å². The normalized spacial score (nSPS) is 10.0. The molecular formula is C10H12INO2. The maximum atomic E-state index is 11.7. The van der Waals surface area contributed by atoms with Gasteiger partial charge in [0.2, 0.25) is 0 Å². The number of carbonyl (C=O) groups is 1. The first-order valence-electron chi connectivity index (χ1n) is 4.15. The van der Waals surface area contributed by atoms with Gasteiger partial charge in [-0.25, -0.2) is 5.06 Å². The summed E-state index contributed by atoms with van der Waals surface area (Å²) < 4.78 is 0.971. The van der Waals surface area contributed by atoms with Crippen molar-refractivity contribution in [2.24, 2.45) is 0 Å². The maximum absolute atomic E-state index is 11.7. The third-order valence-electron chi connectivity index (χ3n) is 1.98. The van der Waals surface area contributed by atoms with Crippen molar-refractivity contribution in [2.45, 2.75) is 6.92 Å². The van der Waals surface area contributed by atoms with Crippen LogP contribution in [0.1, 0.15) is 15.9 Å². The second kappa shape index (κ2) is 4.75. The molecule has 0 aromatic heterocycles. The summed E-state index contributed by atoms with van der Waals surface area (Å²) in [6.45, 7) is 1.98. The number of aryl methyl sites for hydroxylation is 1. The summed E-state index contributed by atoms with van der Waals surface area (Å²) in [7, 11) is 3.07. The van der Waals surface area contributed by atoms with E-state index in [2.05, 4.69) is 22.6 Å². The Morgan fingerprint density at radius 2 is 2.14 bits per heavy atom. The smallest absolute Gasteiger partial charge is 0.274 e. The average Bonchev–Trinajstić information content (AvgIpc) is 2.20. The highest BCUT2D eigenvalue weighted by molar-refractivity contribution is 14.1. The van der Waals surface area contributed by atoms with Crippen molar-refractivity contribution in [3.63, 3.8) is 0 Å². The second-order valence-corrected chi connectivity index (χ2v) is 4.00. The molecule has 0 radical (unpaired) electrons. The Hall–Kier alpha value is -0.620. The predicted octanol–water partition coefficient (Wildman–Crippen LogP) is 2.23. The molecule has 1 amide bonds. The Morgan fingerprint density at radius 3 is 2.71 bits per heavy atom. The largest absolute Gasteiger partial charge is 0.278 e. The standard InChI is InChI=1S/C10H12INO2/c1-7-5-4-6-8(9(7)11)10(13)12(2)14-3/h4-6H,1-3H3. The molecule has 0 aliphatic rings. The number of amides is 1. The van der Waals surface area contributed by atoms with Gasteiger partial charge in [-0.15, -0.1) is 0 Å². The summed E-state index contributed by atoms with van der Waals surface area (Å²) in [5, 5.41) is 1.22. The zero-order chi connectivity index (χ0) is 10.7. The van der Waals surface area contributed by atoms with Crippen molar-refractivity contribution in [3.05, 3.63) is 32.9 Å². The van der Waals surface area contributed by atoms with Gasteiger partial charge >= 0.3 is 0 Å². The van der Waals surface area contributed by atoms with Gasteiger partial charge in [-0.2, -0.15) is 0 Å². The zero-order valence-corrected chi connectivity index (χ0v) is 10.5. The minimum absolute atomic E-state index is 0.124. The van der Waals surface area contributed by atoms with E-state index in [0.29, 0.717) is 5.56 Å². The van der Waals surface area contributed by atoms with Crippen LogP contribution < -0.4 is 0 Å². The minimum atomic E-state index is -0.124. The van der Waals surface area contributed by atoms with Crippen LogP contribution in [0, 0.1) is 10.5 Å². The van der Waals surface area contributed by atoms with E-state index in [1.165, 1.54) is 12.2 Å². The number of hydroxylamine groups is 2. The average molecular weight is 305 g/mol. The van der Waals surface area contributed by atoms with E-state index in [-0.39, 0.29) is 5.91 Å². The van der Waals surface area contributed by atoms with Crippen molar-refractivity contribution >= 4 is 28.5 Å². The maximum Gasteiger partial charge on any atom is 0.278 e. The third kappa shape index (κ3) is 2.24. The lowest BCUT2D eigenvalue weighted by molar-refractivity contribution is -0.0757. The van der Waals surface area contributed by atoms with E-state index in [1.54, 1.807) is 13.1 Å². The molecule has 76 valence electrons. The lowest BCUT2D eigenvalue weighted by Gasteiger charge is -2.15. The number of hydrogen-bond acceptors (Lipinski definition) is 2. The highest BCUT2D eigenvalue weighted by atomic mass is 127. The molecule has 1 aromatic rings. The van der Waals surface area contributed by atoms with Gasteiger partial charge in [0.1, 0.15) is 0 Å². The van der Waals surface area contributed by atoms with Gasteiger partial charge in [0.25, 0.3) is 5.91 Å². The number of halogens is 1. The van der Waals surface area contributed by atoms with E-state index in [9.17, 15) is 4.79 Å². The number of rotatable bonds is 2. The van der Waals surface area contributed by atoms with E-state index in [4.69, 9.17) is 4.84 Å². The lowest BCUT2D eigenvalue weighted by atomic mass is 10.1. The van der Waals surface area contributed by atoms with Crippen molar-refractivity contribution in [3.8, 4) is 0 Å². The molecule has 1 rings (SSSR count). The molecule has 0 saturated heterocycles. The molecular weight excluding hydrogens is 293 g/mol. The molecule has 0 atom stereocenters. The second-order valence-electron chi connectivity index (χ2n) is 2.92. The van der Waals surface area contributed by atoms with Gasteiger partial charge in [-0.3, -0.25) is 9.63 Å². The summed E-state index contributed by atoms with van der Waals surface area (Å²) in [4.78, 5) is 16.6. The predicted molar refractivity (Wildman–Crippen MR) is 63.0 cm³/mol. The van der Waals surface area contributed by atoms with E-state index in [0.717, 1.165) is 9.13 Å². The fourth-order valence-electron chi connectivity index (χ4n) is 1.07. The summed E-state index contributed by atoms with van der Waals surface area (Å²) in [6.07, 6.45) is 0. The van der Waals surface area contributed by atoms with E-state index in [1.807, 2.05) is 19.1 Å². The topological polar surface area (TPSA) is 29.5 Å². The molecule has 0 spiro atoms. The van der Waals surface area contributed by atoms with E-state index >= 15 is 0 Å². The molecule has 0 bridgehead atoms. The highest BCUT2D eigenvalue weighted by Crippen LogP contribution is 2.17. The Labute approximate surface area is 97.1 Å². The first kappa shape index (κ1) is 11.5. The molecule has 1 aromatic carbocycles. The summed E-state index contributed by atoms with van der Waals surface area (Å²) in [5.74, 6) is -0.124. The molecule has 0 N–H and O–H groups in total. The fraction of sp³-hybridized carbons (Fsp3) is 0.300. The number of carbonyl (C=O) groups excluding carboxylic acids is 1. The Balaban J connectivity index is 3.07. The van der Waals surface area contributed by atoms with Crippen LogP contribution >= 0.6 is 22.6 Å². The number of benzene rings is 1. The van der Waals surface area contributed by atoms with Gasteiger partial charge < -0.3 is 0 Å². The first-order chi connectivity index (χ1) is 6.57. The first-order valence-corrected chi connectivity index (χ1v) is 5.23. The molecule has 0 aliphatic heterocycles. The molecule has 0 heterocycles. The van der Waals surface area contributed by atoms with Gasteiger partial charge in [0.05, 0.1) is 12.7 Å². The quantitative estimate of drug-likeness (QED) is 0.619. The highest BCUT2D eigenvalue weighted by Gasteiger charge is 2.14. The monoisotopic (exact) mass is 305 g/mol. The Kier molecular flexibility index (Phi) is 3.88. The van der Waals surface area contributed by atoms with Crippen LogP contribution in [-0.4, -0.2) is 25.1 Å². The van der Waals surface area contributed by atoms with Crippen LogP contribution in [0.2, 0.25) is 0 Å². The summed E-state index contributed by atoms with van der Waals surface area (Å²) in [5.41, 5.74) is 1.77. The van der Waals surface area contributed by atoms with Crippen LogP contribution in [0.3, 0.4) is 0 Å². The lowest BCUT2D eigenvalue weighted by Crippen LogP contribution is -2.26. The molecule has 4 heteroatoms. The van der Waals surface area contributed by atoms with Gasteiger partial charge in [0.15, 0.2) is 0 Å². The number of nitrogens with zero attached hydrogens (tertiary/aromatic N) is 1. The van der Waals surface area contributed by atoms with Crippen LogP contribution in [-0.2, 0) is 4.84 Å². The van der Waals surface area contributed by atoms with Crippen molar-refractivity contribution in [2.75, 3.05) is 14.2 Å². The third-order valence-corrected chi connectivity index (χ3v) is 3.41.